The second-order valence-electron chi connectivity index (χ2n) is 4.89. The highest BCUT2D eigenvalue weighted by molar-refractivity contribution is 5.92. The van der Waals surface area contributed by atoms with Crippen molar-refractivity contribution in [2.24, 2.45) is 0 Å². The molecule has 0 heterocycles. The molecule has 1 aromatic rings. The quantitative estimate of drug-likeness (QED) is 0.594. The maximum atomic E-state index is 11.8. The Morgan fingerprint density at radius 2 is 1.78 bits per heavy atom. The highest BCUT2D eigenvalue weighted by Crippen LogP contribution is 2.23. The first-order valence-corrected chi connectivity index (χ1v) is 6.71. The van der Waals surface area contributed by atoms with Crippen molar-refractivity contribution in [2.45, 2.75) is 52.9 Å². The van der Waals surface area contributed by atoms with E-state index in [1.807, 2.05) is 26.0 Å². The maximum Gasteiger partial charge on any atom is 0.224 e. The molecule has 0 saturated heterocycles. The van der Waals surface area contributed by atoms with Crippen LogP contribution in [-0.2, 0) is 4.79 Å². The number of unbranched alkanes of at least 4 members (excludes halogenated alkanes) is 3. The van der Waals surface area contributed by atoms with Crippen molar-refractivity contribution >= 4 is 17.3 Å². The molecule has 0 aliphatic rings. The van der Waals surface area contributed by atoms with Gasteiger partial charge in [0.1, 0.15) is 0 Å². The first kappa shape index (κ1) is 14.6. The molecule has 0 atom stereocenters. The summed E-state index contributed by atoms with van der Waals surface area (Å²) in [5.74, 6) is 0.0991. The van der Waals surface area contributed by atoms with E-state index in [0.717, 1.165) is 35.3 Å². The van der Waals surface area contributed by atoms with Gasteiger partial charge in [0.15, 0.2) is 0 Å². The average molecular weight is 248 g/mol. The number of hydrogen-bond donors (Lipinski definition) is 2. The Morgan fingerprint density at radius 1 is 1.17 bits per heavy atom. The normalized spacial score (nSPS) is 10.4. The van der Waals surface area contributed by atoms with Gasteiger partial charge in [-0.2, -0.15) is 0 Å². The van der Waals surface area contributed by atoms with Gasteiger partial charge in [0, 0.05) is 17.8 Å². The number of anilines is 2. The van der Waals surface area contributed by atoms with Crippen LogP contribution in [0.15, 0.2) is 12.1 Å². The lowest BCUT2D eigenvalue weighted by molar-refractivity contribution is -0.116. The Kier molecular flexibility index (Phi) is 5.69. The zero-order chi connectivity index (χ0) is 13.5. The van der Waals surface area contributed by atoms with Crippen LogP contribution in [0.5, 0.6) is 0 Å². The van der Waals surface area contributed by atoms with Crippen LogP contribution in [-0.4, -0.2) is 5.91 Å². The van der Waals surface area contributed by atoms with Gasteiger partial charge in [-0.3, -0.25) is 4.79 Å². The SMILES string of the molecule is CCCCCCC(=O)Nc1c(C)cc(N)cc1C. The summed E-state index contributed by atoms with van der Waals surface area (Å²) in [6, 6.07) is 3.78. The Hall–Kier alpha value is -1.51. The summed E-state index contributed by atoms with van der Waals surface area (Å²) in [7, 11) is 0. The number of rotatable bonds is 6. The fraction of sp³-hybridized carbons (Fsp3) is 0.533. The van der Waals surface area contributed by atoms with Crippen LogP contribution in [0, 0.1) is 13.8 Å². The monoisotopic (exact) mass is 248 g/mol. The van der Waals surface area contributed by atoms with Crippen molar-refractivity contribution in [1.82, 2.24) is 0 Å². The molecule has 1 aromatic carbocycles. The Balaban J connectivity index is 2.54. The topological polar surface area (TPSA) is 55.1 Å². The van der Waals surface area contributed by atoms with Crippen molar-refractivity contribution in [1.29, 1.82) is 0 Å². The minimum atomic E-state index is 0.0991. The van der Waals surface area contributed by atoms with Crippen LogP contribution in [0.3, 0.4) is 0 Å². The molecule has 0 radical (unpaired) electrons. The molecule has 0 unspecified atom stereocenters. The number of amides is 1. The largest absolute Gasteiger partial charge is 0.399 e. The van der Waals surface area contributed by atoms with Gasteiger partial charge in [0.2, 0.25) is 5.91 Å². The highest BCUT2D eigenvalue weighted by atomic mass is 16.1. The van der Waals surface area contributed by atoms with E-state index in [0.29, 0.717) is 6.42 Å². The average Bonchev–Trinajstić information content (AvgIpc) is 2.29. The van der Waals surface area contributed by atoms with Gasteiger partial charge in [0.25, 0.3) is 0 Å². The summed E-state index contributed by atoms with van der Waals surface area (Å²) in [4.78, 5) is 11.8. The van der Waals surface area contributed by atoms with Crippen molar-refractivity contribution in [3.63, 3.8) is 0 Å². The first-order valence-electron chi connectivity index (χ1n) is 6.71. The summed E-state index contributed by atoms with van der Waals surface area (Å²) in [6.45, 7) is 6.10. The van der Waals surface area contributed by atoms with Crippen molar-refractivity contribution < 1.29 is 4.79 Å². The summed E-state index contributed by atoms with van der Waals surface area (Å²) in [6.07, 6.45) is 5.09. The fourth-order valence-corrected chi connectivity index (χ4v) is 2.11. The molecule has 1 rings (SSSR count). The number of nitrogens with two attached hydrogens (primary N) is 1. The van der Waals surface area contributed by atoms with E-state index in [1.54, 1.807) is 0 Å². The molecule has 0 bridgehead atoms. The minimum absolute atomic E-state index is 0.0991. The van der Waals surface area contributed by atoms with Gasteiger partial charge in [0.05, 0.1) is 0 Å². The molecule has 0 saturated carbocycles. The van der Waals surface area contributed by atoms with Gasteiger partial charge < -0.3 is 11.1 Å². The zero-order valence-electron chi connectivity index (χ0n) is 11.7. The van der Waals surface area contributed by atoms with Crippen molar-refractivity contribution in [3.8, 4) is 0 Å². The summed E-state index contributed by atoms with van der Waals surface area (Å²) >= 11 is 0. The van der Waals surface area contributed by atoms with E-state index < -0.39 is 0 Å². The summed E-state index contributed by atoms with van der Waals surface area (Å²) < 4.78 is 0. The van der Waals surface area contributed by atoms with Gasteiger partial charge in [-0.1, -0.05) is 26.2 Å². The first-order chi connectivity index (χ1) is 8.54. The third-order valence-corrected chi connectivity index (χ3v) is 3.08. The Bertz CT molecular complexity index is 390. The molecule has 18 heavy (non-hydrogen) atoms. The van der Waals surface area contributed by atoms with E-state index in [2.05, 4.69) is 12.2 Å². The van der Waals surface area contributed by atoms with Gasteiger partial charge in [-0.25, -0.2) is 0 Å². The Labute approximate surface area is 110 Å². The van der Waals surface area contributed by atoms with Gasteiger partial charge in [-0.15, -0.1) is 0 Å². The number of carbonyl (C=O) groups excluding carboxylic acids is 1. The standard InChI is InChI=1S/C15H24N2O/c1-4-5-6-7-8-14(18)17-15-11(2)9-13(16)10-12(15)3/h9-10H,4-8,16H2,1-3H3,(H,17,18). The lowest BCUT2D eigenvalue weighted by Crippen LogP contribution is -2.13. The number of carbonyl (C=O) groups is 1. The third kappa shape index (κ3) is 4.40. The summed E-state index contributed by atoms with van der Waals surface area (Å²) in [5.41, 5.74) is 9.45. The molecule has 0 fully saturated rings. The van der Waals surface area contributed by atoms with E-state index in [-0.39, 0.29) is 5.91 Å². The second kappa shape index (κ2) is 7.04. The summed E-state index contributed by atoms with van der Waals surface area (Å²) in [5, 5.41) is 2.99. The van der Waals surface area contributed by atoms with Gasteiger partial charge in [-0.05, 0) is 43.5 Å². The molecule has 100 valence electrons. The molecule has 0 aliphatic heterocycles. The van der Waals surface area contributed by atoms with Crippen LogP contribution in [0.4, 0.5) is 11.4 Å². The van der Waals surface area contributed by atoms with E-state index >= 15 is 0 Å². The van der Waals surface area contributed by atoms with E-state index in [9.17, 15) is 4.79 Å². The molecular weight excluding hydrogens is 224 g/mol. The lowest BCUT2D eigenvalue weighted by Gasteiger charge is -2.12. The van der Waals surface area contributed by atoms with Crippen LogP contribution in [0.25, 0.3) is 0 Å². The molecule has 0 aromatic heterocycles. The predicted octanol–water partition coefficient (Wildman–Crippen LogP) is 3.79. The fourth-order valence-electron chi connectivity index (χ4n) is 2.11. The molecular formula is C15H24N2O. The van der Waals surface area contributed by atoms with Crippen molar-refractivity contribution in [2.75, 3.05) is 11.1 Å². The highest BCUT2D eigenvalue weighted by Gasteiger charge is 2.08. The molecule has 3 nitrogen and oxygen atoms in total. The van der Waals surface area contributed by atoms with Crippen LogP contribution in [0.1, 0.15) is 50.2 Å². The van der Waals surface area contributed by atoms with Crippen LogP contribution >= 0.6 is 0 Å². The number of aryl methyl sites for hydroxylation is 2. The zero-order valence-corrected chi connectivity index (χ0v) is 11.7. The number of benzene rings is 1. The predicted molar refractivity (Wildman–Crippen MR) is 77.7 cm³/mol. The lowest BCUT2D eigenvalue weighted by atomic mass is 10.1. The molecule has 3 heteroatoms. The van der Waals surface area contributed by atoms with Crippen molar-refractivity contribution in [3.05, 3.63) is 23.3 Å². The van der Waals surface area contributed by atoms with E-state index in [1.165, 1.54) is 12.8 Å². The molecule has 0 spiro atoms. The number of hydrogen-bond acceptors (Lipinski definition) is 2. The van der Waals surface area contributed by atoms with Crippen LogP contribution < -0.4 is 11.1 Å². The third-order valence-electron chi connectivity index (χ3n) is 3.08. The molecule has 1 amide bonds. The van der Waals surface area contributed by atoms with E-state index in [4.69, 9.17) is 5.73 Å². The van der Waals surface area contributed by atoms with Crippen LogP contribution in [0.2, 0.25) is 0 Å². The molecule has 0 aliphatic carbocycles. The number of nitrogens with one attached hydrogen (secondary N) is 1. The maximum absolute atomic E-state index is 11.8. The number of nitrogen functional groups attached to an aromatic ring is 1. The Morgan fingerprint density at radius 3 is 2.33 bits per heavy atom. The minimum Gasteiger partial charge on any atom is -0.399 e. The van der Waals surface area contributed by atoms with Gasteiger partial charge >= 0.3 is 0 Å². The molecule has 3 N–H and O–H groups in total. The second-order valence-corrected chi connectivity index (χ2v) is 4.89. The smallest absolute Gasteiger partial charge is 0.224 e.